The van der Waals surface area contributed by atoms with Gasteiger partial charge in [0.2, 0.25) is 0 Å². The van der Waals surface area contributed by atoms with Gasteiger partial charge in [-0.3, -0.25) is 20.0 Å². The molecular formula is C48H53N4O5S2+. The van der Waals surface area contributed by atoms with E-state index in [0.717, 1.165) is 94.8 Å². The molecule has 9 nitrogen and oxygen atoms in total. The van der Waals surface area contributed by atoms with Gasteiger partial charge in [-0.25, -0.2) is 0 Å². The van der Waals surface area contributed by atoms with E-state index in [-0.39, 0.29) is 36.1 Å². The lowest BCUT2D eigenvalue weighted by molar-refractivity contribution is -0.891. The van der Waals surface area contributed by atoms with Crippen molar-refractivity contribution in [1.82, 2.24) is 5.32 Å². The fourth-order valence-electron chi connectivity index (χ4n) is 10.8. The van der Waals surface area contributed by atoms with E-state index in [1.165, 1.54) is 11.1 Å². The van der Waals surface area contributed by atoms with Gasteiger partial charge in [-0.05, 0) is 77.5 Å². The second kappa shape index (κ2) is 16.2. The first kappa shape index (κ1) is 39.4. The van der Waals surface area contributed by atoms with Crippen molar-refractivity contribution in [3.05, 3.63) is 92.8 Å². The van der Waals surface area contributed by atoms with Crippen LogP contribution in [0.1, 0.15) is 110 Å². The SMILES string of the molecule is C[C@@H]1C=C[C@H]([C@@H](O)CC(=O)CCc2ccc3c4c2CSSC[C@H]2CN[C@H](N)c5ccc6c(c52)CC2=C5C[NH+](C=C5N=C2)[C@@H](O4)[C@H](C#C[C@H]6O)C2(C#CO3)CCCC2)CC1. The number of hydrogen-bond donors (Lipinski definition) is 5. The average Bonchev–Trinajstić information content (AvgIpc) is 3.98. The van der Waals surface area contributed by atoms with Crippen molar-refractivity contribution in [2.45, 2.75) is 107 Å². The van der Waals surface area contributed by atoms with Gasteiger partial charge in [-0.15, -0.1) is 0 Å². The summed E-state index contributed by atoms with van der Waals surface area (Å²) in [6.07, 6.45) is 16.5. The molecule has 7 heterocycles. The second-order valence-electron chi connectivity index (χ2n) is 17.8. The Labute approximate surface area is 355 Å². The third kappa shape index (κ3) is 7.41. The zero-order chi connectivity index (χ0) is 40.3. The second-order valence-corrected chi connectivity index (χ2v) is 20.3. The Morgan fingerprint density at radius 3 is 2.83 bits per heavy atom. The number of hydrogen-bond acceptors (Lipinski definition) is 10. The van der Waals surface area contributed by atoms with Gasteiger partial charge in [0, 0.05) is 66.5 Å². The molecule has 2 aliphatic carbocycles. The molecule has 1 fully saturated rings. The zero-order valence-electron chi connectivity index (χ0n) is 33.6. The summed E-state index contributed by atoms with van der Waals surface area (Å²) in [6, 6.07) is 8.14. The Kier molecular flexibility index (Phi) is 10.8. The summed E-state index contributed by atoms with van der Waals surface area (Å²) in [7, 11) is 3.60. The molecule has 9 aliphatic rings. The molecular weight excluding hydrogens is 777 g/mol. The van der Waals surface area contributed by atoms with Crippen LogP contribution in [0.3, 0.4) is 0 Å². The minimum absolute atomic E-state index is 0.0222. The van der Waals surface area contributed by atoms with Crippen LogP contribution in [0, 0.1) is 47.0 Å². The first-order chi connectivity index (χ1) is 28.7. The quantitative estimate of drug-likeness (QED) is 0.141. The van der Waals surface area contributed by atoms with Gasteiger partial charge in [0.25, 0.3) is 6.23 Å². The molecule has 2 aromatic carbocycles. The van der Waals surface area contributed by atoms with Gasteiger partial charge in [0.15, 0.2) is 11.5 Å². The minimum Gasteiger partial charge on any atom is -0.437 e. The molecule has 2 aromatic rings. The molecule has 8 bridgehead atoms. The van der Waals surface area contributed by atoms with E-state index >= 15 is 0 Å². The van der Waals surface area contributed by atoms with Crippen molar-refractivity contribution in [3.8, 4) is 35.4 Å². The van der Waals surface area contributed by atoms with Crippen LogP contribution < -0.4 is 25.4 Å². The molecule has 0 radical (unpaired) electrons. The Morgan fingerprint density at radius 1 is 1.12 bits per heavy atom. The van der Waals surface area contributed by atoms with Crippen LogP contribution in [-0.2, 0) is 23.4 Å². The van der Waals surface area contributed by atoms with E-state index in [4.69, 9.17) is 20.2 Å². The summed E-state index contributed by atoms with van der Waals surface area (Å²) in [6.45, 7) is 3.60. The number of nitrogens with one attached hydrogen (secondary N) is 2. The number of ether oxygens (including phenoxy) is 2. The smallest absolute Gasteiger partial charge is 0.252 e. The number of fused-ring (bicyclic) bond motifs is 4. The van der Waals surface area contributed by atoms with Crippen molar-refractivity contribution in [1.29, 1.82) is 0 Å². The third-order valence-corrected chi connectivity index (χ3v) is 16.5. The van der Waals surface area contributed by atoms with E-state index in [1.807, 2.05) is 29.1 Å². The molecule has 0 amide bonds. The molecule has 1 unspecified atom stereocenters. The van der Waals surface area contributed by atoms with Gasteiger partial charge >= 0.3 is 0 Å². The maximum Gasteiger partial charge on any atom is 0.252 e. The molecule has 11 rings (SSSR count). The van der Waals surface area contributed by atoms with Gasteiger partial charge in [-0.2, -0.15) is 0 Å². The fraction of sp³-hybridized carbons (Fsp3) is 0.500. The number of carbonyl (C=O) groups excluding carboxylic acids is 1. The van der Waals surface area contributed by atoms with Crippen LogP contribution in [0.4, 0.5) is 0 Å². The summed E-state index contributed by atoms with van der Waals surface area (Å²) in [5, 5.41) is 26.8. The highest BCUT2D eigenvalue weighted by molar-refractivity contribution is 8.76. The number of nitrogens with zero attached hydrogens (tertiary/aromatic N) is 1. The number of ketones is 1. The van der Waals surface area contributed by atoms with Crippen molar-refractivity contribution in [2.24, 2.45) is 33.9 Å². The summed E-state index contributed by atoms with van der Waals surface area (Å²) in [5.41, 5.74) is 15.9. The number of aliphatic hydroxyl groups excluding tert-OH is 2. The lowest BCUT2D eigenvalue weighted by Gasteiger charge is -2.37. The highest BCUT2D eigenvalue weighted by Gasteiger charge is 2.51. The van der Waals surface area contributed by atoms with Crippen LogP contribution in [0.15, 0.2) is 64.5 Å². The molecule has 1 spiro atoms. The van der Waals surface area contributed by atoms with Gasteiger partial charge in [0.1, 0.15) is 42.4 Å². The molecule has 6 N–H and O–H groups in total. The minimum atomic E-state index is -1.02. The number of benzene rings is 2. The van der Waals surface area contributed by atoms with Crippen molar-refractivity contribution in [2.75, 3.05) is 18.8 Å². The molecule has 11 heteroatoms. The number of carbonyl (C=O) groups is 1. The standard InChI is InChI=1S/C48H52N4O5S2/c1-28-4-6-30(7-5-28)42(55)21-33(53)10-8-29-9-15-43-45-38(29)27-59-58-26-32-23-51-46(49)35-12-11-34-36(44(32)35)20-31-22-50-40-25-52(24-37(31)40)47(57-45)39(13-14-41(34)54)48(18-19-56-43)16-2-3-17-48/h4,6,9,11-12,15,22,25,28,30,32,39,41-42,46-47,51,54-55H,2-3,5,7-8,10,16-17,20-21,23-24,26-27,49H2,1H3/p+1/t28-,30+,32-,39+,41-,42+,46+,47+/m1/s1. The summed E-state index contributed by atoms with van der Waals surface area (Å²) >= 11 is 0. The van der Waals surface area contributed by atoms with Gasteiger partial charge in [0.05, 0.1) is 17.7 Å². The number of aryl methyl sites for hydroxylation is 1. The van der Waals surface area contributed by atoms with Gasteiger partial charge in [-0.1, -0.05) is 89.5 Å². The molecule has 306 valence electrons. The molecule has 59 heavy (non-hydrogen) atoms. The number of nitrogens with two attached hydrogens (primary N) is 1. The first-order valence-corrected chi connectivity index (χ1v) is 24.0. The van der Waals surface area contributed by atoms with Crippen LogP contribution >= 0.6 is 21.6 Å². The van der Waals surface area contributed by atoms with Crippen molar-refractivity contribution in [3.63, 3.8) is 0 Å². The number of allylic oxidation sites excluding steroid dienone is 2. The monoisotopic (exact) mass is 829 g/mol. The molecule has 1 saturated carbocycles. The third-order valence-electron chi connectivity index (χ3n) is 14.1. The van der Waals surface area contributed by atoms with E-state index in [0.29, 0.717) is 49.0 Å². The fourth-order valence-corrected chi connectivity index (χ4v) is 13.2. The highest BCUT2D eigenvalue weighted by Crippen LogP contribution is 2.49. The predicted octanol–water partition coefficient (Wildman–Crippen LogP) is 5.73. The summed E-state index contributed by atoms with van der Waals surface area (Å²) < 4.78 is 13.9. The Balaban J connectivity index is 1.10. The predicted molar refractivity (Wildman–Crippen MR) is 232 cm³/mol. The largest absolute Gasteiger partial charge is 0.437 e. The first-order valence-electron chi connectivity index (χ1n) is 21.5. The highest BCUT2D eigenvalue weighted by atomic mass is 33.1. The lowest BCUT2D eigenvalue weighted by atomic mass is 9.73. The lowest BCUT2D eigenvalue weighted by Crippen LogP contribution is -3.12. The number of Topliss-reactive ketones (excluding diaryl/α,β-unsaturated/α-hetero) is 1. The number of aliphatic imine (C=N–C) groups is 1. The zero-order valence-corrected chi connectivity index (χ0v) is 35.2. The van der Waals surface area contributed by atoms with E-state index in [2.05, 4.69) is 66.6 Å². The summed E-state index contributed by atoms with van der Waals surface area (Å²) in [4.78, 5) is 19.6. The molecule has 0 aromatic heterocycles. The molecule has 0 saturated heterocycles. The van der Waals surface area contributed by atoms with Crippen molar-refractivity contribution >= 4 is 33.6 Å². The maximum absolute atomic E-state index is 13.5. The normalized spacial score (nSPS) is 31.3. The van der Waals surface area contributed by atoms with Crippen molar-refractivity contribution < 1.29 is 29.4 Å². The number of aliphatic hydroxyl groups is 2. The summed E-state index contributed by atoms with van der Waals surface area (Å²) in [5.74, 6) is 13.7. The topological polar surface area (TPSA) is 131 Å². The molecule has 7 aliphatic heterocycles. The van der Waals surface area contributed by atoms with E-state index in [1.54, 1.807) is 10.8 Å². The Morgan fingerprint density at radius 2 is 1.98 bits per heavy atom. The van der Waals surface area contributed by atoms with Crippen LogP contribution in [0.5, 0.6) is 11.5 Å². The maximum atomic E-state index is 13.5. The van der Waals surface area contributed by atoms with Crippen LogP contribution in [0.25, 0.3) is 0 Å². The van der Waals surface area contributed by atoms with Crippen LogP contribution in [-0.4, -0.2) is 53.4 Å². The van der Waals surface area contributed by atoms with E-state index < -0.39 is 23.9 Å². The van der Waals surface area contributed by atoms with Crippen LogP contribution in [0.2, 0.25) is 0 Å². The van der Waals surface area contributed by atoms with Gasteiger partial charge < -0.3 is 25.4 Å². The number of rotatable bonds is 6. The average molecular weight is 830 g/mol. The van der Waals surface area contributed by atoms with E-state index in [9.17, 15) is 15.0 Å². The molecule has 9 atom stereocenters. The number of quaternary nitrogens is 1. The Hall–Kier alpha value is -3.78. The Bertz CT molecular complexity index is 2310.